The van der Waals surface area contributed by atoms with Crippen molar-refractivity contribution in [2.45, 2.75) is 101 Å². The lowest BCUT2D eigenvalue weighted by Gasteiger charge is -2.48. The molecule has 6 rings (SSSR count). The molecule has 0 amide bonds. The number of benzene rings is 1. The van der Waals surface area contributed by atoms with Gasteiger partial charge in [-0.2, -0.15) is 0 Å². The summed E-state index contributed by atoms with van der Waals surface area (Å²) in [6, 6.07) is 9.17. The lowest BCUT2D eigenvalue weighted by molar-refractivity contribution is 0.158. The molecule has 2 atom stereocenters. The third-order valence-corrected chi connectivity index (χ3v) is 8.05. The summed E-state index contributed by atoms with van der Waals surface area (Å²) >= 11 is 0. The van der Waals surface area contributed by atoms with Crippen molar-refractivity contribution < 1.29 is 0 Å². The molecule has 0 unspecified atom stereocenters. The van der Waals surface area contributed by atoms with Crippen molar-refractivity contribution in [1.82, 2.24) is 14.9 Å². The molecule has 31 heavy (non-hydrogen) atoms. The van der Waals surface area contributed by atoms with Crippen molar-refractivity contribution >= 4 is 5.82 Å². The zero-order valence-corrected chi connectivity index (χ0v) is 19.0. The first-order valence-electron chi connectivity index (χ1n) is 12.6. The highest BCUT2D eigenvalue weighted by Gasteiger charge is 2.46. The van der Waals surface area contributed by atoms with E-state index in [2.05, 4.69) is 46.8 Å². The minimum absolute atomic E-state index is 0.0142. The molecule has 0 radical (unpaired) electrons. The Labute approximate surface area is 186 Å². The van der Waals surface area contributed by atoms with Crippen LogP contribution in [0.1, 0.15) is 94.7 Å². The Bertz CT molecular complexity index is 937. The first kappa shape index (κ1) is 20.9. The molecule has 0 saturated heterocycles. The molecule has 5 heteroatoms. The van der Waals surface area contributed by atoms with Gasteiger partial charge in [-0.25, -0.2) is 4.79 Å². The Morgan fingerprint density at radius 2 is 1.71 bits per heavy atom. The van der Waals surface area contributed by atoms with E-state index in [9.17, 15) is 4.79 Å². The SMILES string of the molecule is C[C@]12CC[C@H]1c1c(NC3CCCCC3)[nH]c(=O)n1-c1ccc(cc1)CCCCCCN2. The molecule has 1 aromatic heterocycles. The number of imidazole rings is 1. The number of fused-ring (bicyclic) bond motifs is 8. The molecule has 4 aliphatic rings. The van der Waals surface area contributed by atoms with Gasteiger partial charge in [0.2, 0.25) is 0 Å². The highest BCUT2D eigenvalue weighted by atomic mass is 16.1. The van der Waals surface area contributed by atoms with Crippen LogP contribution >= 0.6 is 0 Å². The van der Waals surface area contributed by atoms with E-state index in [0.717, 1.165) is 36.6 Å². The number of nitrogens with one attached hydrogen (secondary N) is 3. The van der Waals surface area contributed by atoms with Crippen molar-refractivity contribution in [3.63, 3.8) is 0 Å². The largest absolute Gasteiger partial charge is 0.367 e. The lowest BCUT2D eigenvalue weighted by Crippen LogP contribution is -2.55. The summed E-state index contributed by atoms with van der Waals surface area (Å²) in [5, 5.41) is 7.64. The average Bonchev–Trinajstić information content (AvgIpc) is 3.07. The van der Waals surface area contributed by atoms with E-state index in [1.54, 1.807) is 0 Å². The number of hydrogen-bond donors (Lipinski definition) is 3. The fraction of sp³-hybridized carbons (Fsp3) is 0.654. The van der Waals surface area contributed by atoms with Crippen molar-refractivity contribution in [2.24, 2.45) is 0 Å². The van der Waals surface area contributed by atoms with E-state index >= 15 is 0 Å². The molecular formula is C26H38N4O. The van der Waals surface area contributed by atoms with Gasteiger partial charge >= 0.3 is 5.69 Å². The first-order chi connectivity index (χ1) is 15.1. The summed E-state index contributed by atoms with van der Waals surface area (Å²) < 4.78 is 1.96. The van der Waals surface area contributed by atoms with Crippen molar-refractivity contribution in [3.8, 4) is 5.69 Å². The first-order valence-corrected chi connectivity index (χ1v) is 12.6. The molecule has 2 bridgehead atoms. The molecule has 0 spiro atoms. The summed E-state index contributed by atoms with van der Waals surface area (Å²) in [7, 11) is 0. The van der Waals surface area contributed by atoms with Crippen LogP contribution in [-0.2, 0) is 6.42 Å². The number of rotatable bonds is 2. The van der Waals surface area contributed by atoms with Crippen molar-refractivity contribution in [2.75, 3.05) is 11.9 Å². The van der Waals surface area contributed by atoms with Crippen LogP contribution in [0.2, 0.25) is 0 Å². The van der Waals surface area contributed by atoms with Crippen LogP contribution in [0, 0.1) is 0 Å². The summed E-state index contributed by atoms with van der Waals surface area (Å²) in [6.07, 6.45) is 14.7. The summed E-state index contributed by atoms with van der Waals surface area (Å²) in [6.45, 7) is 3.42. The topological polar surface area (TPSA) is 61.9 Å². The third-order valence-electron chi connectivity index (χ3n) is 8.05. The van der Waals surface area contributed by atoms with Gasteiger partial charge in [-0.3, -0.25) is 9.55 Å². The lowest BCUT2D eigenvalue weighted by atomic mass is 9.66. The summed E-state index contributed by atoms with van der Waals surface area (Å²) in [5.41, 5.74) is 3.55. The van der Waals surface area contributed by atoms with Gasteiger partial charge in [-0.15, -0.1) is 0 Å². The number of nitrogens with zero attached hydrogens (tertiary/aromatic N) is 1. The monoisotopic (exact) mass is 422 g/mol. The Hall–Kier alpha value is -2.01. The van der Waals surface area contributed by atoms with Crippen LogP contribution in [0.3, 0.4) is 0 Å². The van der Waals surface area contributed by atoms with Gasteiger partial charge in [0.15, 0.2) is 0 Å². The summed E-state index contributed by atoms with van der Waals surface area (Å²) in [4.78, 5) is 16.5. The second-order valence-electron chi connectivity index (χ2n) is 10.3. The maximum absolute atomic E-state index is 13.2. The minimum Gasteiger partial charge on any atom is -0.367 e. The van der Waals surface area contributed by atoms with E-state index in [0.29, 0.717) is 12.0 Å². The van der Waals surface area contributed by atoms with Gasteiger partial charge in [-0.1, -0.05) is 44.2 Å². The maximum Gasteiger partial charge on any atom is 0.331 e. The molecule has 2 fully saturated rings. The number of anilines is 1. The predicted molar refractivity (Wildman–Crippen MR) is 127 cm³/mol. The van der Waals surface area contributed by atoms with Gasteiger partial charge in [0, 0.05) is 17.5 Å². The van der Waals surface area contributed by atoms with Crippen LogP contribution in [0.25, 0.3) is 5.69 Å². The number of aryl methyl sites for hydroxylation is 1. The van der Waals surface area contributed by atoms with Crippen LogP contribution in [0.5, 0.6) is 0 Å². The minimum atomic E-state index is -0.0142. The van der Waals surface area contributed by atoms with Crippen LogP contribution in [0.15, 0.2) is 29.1 Å². The van der Waals surface area contributed by atoms with E-state index < -0.39 is 0 Å². The van der Waals surface area contributed by atoms with Gasteiger partial charge < -0.3 is 10.6 Å². The fourth-order valence-corrected chi connectivity index (χ4v) is 5.96. The number of aromatic nitrogens is 2. The Kier molecular flexibility index (Phi) is 5.96. The molecule has 3 heterocycles. The third kappa shape index (κ3) is 4.21. The molecule has 2 aliphatic carbocycles. The molecule has 1 aromatic carbocycles. The standard InChI is InChI=1S/C26H38N4O/c1-26-17-16-22(26)23-24(28-20-10-6-4-7-11-20)29-25(31)30(23)21-14-12-19(13-15-21)9-5-2-3-8-18-27-26/h12-15,20,22,27-28H,2-11,16-18H2,1H3,(H,29,31)/t22-,26-/m0/s1. The maximum atomic E-state index is 13.2. The molecule has 168 valence electrons. The Morgan fingerprint density at radius 1 is 0.968 bits per heavy atom. The molecule has 2 saturated carbocycles. The van der Waals surface area contributed by atoms with E-state index in [1.165, 1.54) is 69.8 Å². The highest BCUT2D eigenvalue weighted by molar-refractivity contribution is 5.51. The van der Waals surface area contributed by atoms with Crippen molar-refractivity contribution in [1.29, 1.82) is 0 Å². The number of hydrogen-bond acceptors (Lipinski definition) is 3. The zero-order chi connectivity index (χ0) is 21.3. The molecule has 3 N–H and O–H groups in total. The van der Waals surface area contributed by atoms with Gasteiger partial charge in [0.25, 0.3) is 0 Å². The van der Waals surface area contributed by atoms with Gasteiger partial charge in [0.1, 0.15) is 5.82 Å². The van der Waals surface area contributed by atoms with E-state index in [-0.39, 0.29) is 11.2 Å². The van der Waals surface area contributed by atoms with Gasteiger partial charge in [0.05, 0.1) is 11.4 Å². The van der Waals surface area contributed by atoms with E-state index in [1.807, 2.05) is 4.57 Å². The number of aromatic amines is 1. The van der Waals surface area contributed by atoms with Crippen LogP contribution < -0.4 is 16.3 Å². The quantitative estimate of drug-likeness (QED) is 0.619. The highest BCUT2D eigenvalue weighted by Crippen LogP contribution is 2.48. The summed E-state index contributed by atoms with van der Waals surface area (Å²) in [5.74, 6) is 1.30. The molecule has 2 aliphatic heterocycles. The second-order valence-corrected chi connectivity index (χ2v) is 10.3. The second kappa shape index (κ2) is 8.85. The average molecular weight is 423 g/mol. The zero-order valence-electron chi connectivity index (χ0n) is 19.0. The van der Waals surface area contributed by atoms with Gasteiger partial charge in [-0.05, 0) is 76.1 Å². The van der Waals surface area contributed by atoms with Crippen LogP contribution in [-0.4, -0.2) is 27.7 Å². The smallest absolute Gasteiger partial charge is 0.331 e. The normalized spacial score (nSPS) is 27.5. The predicted octanol–water partition coefficient (Wildman–Crippen LogP) is 5.25. The molecule has 5 nitrogen and oxygen atoms in total. The number of H-pyrrole nitrogens is 1. The molecular weight excluding hydrogens is 384 g/mol. The van der Waals surface area contributed by atoms with E-state index in [4.69, 9.17) is 0 Å². The van der Waals surface area contributed by atoms with Crippen LogP contribution in [0.4, 0.5) is 5.82 Å². The van der Waals surface area contributed by atoms with Crippen molar-refractivity contribution in [3.05, 3.63) is 46.0 Å². The Morgan fingerprint density at radius 3 is 2.45 bits per heavy atom. The Balaban J connectivity index is 1.56. The molecule has 2 aromatic rings. The fourth-order valence-electron chi connectivity index (χ4n) is 5.96.